The molecule has 0 aromatic carbocycles. The maximum Gasteiger partial charge on any atom is 0.428 e. The second kappa shape index (κ2) is 3.44. The first kappa shape index (κ1) is 9.27. The van der Waals surface area contributed by atoms with Crippen LogP contribution < -0.4 is 5.32 Å². The molecule has 3 heteroatoms. The Morgan fingerprint density at radius 3 is 2.30 bits per heavy atom. The Morgan fingerprint density at radius 2 is 2.00 bits per heavy atom. The minimum Gasteiger partial charge on any atom is -0.448 e. The Labute approximate surface area is 61.8 Å². The molecule has 0 aliphatic heterocycles. The first-order chi connectivity index (χ1) is 4.45. The zero-order valence-corrected chi connectivity index (χ0v) is 6.97. The lowest BCUT2D eigenvalue weighted by Gasteiger charge is -2.16. The summed E-state index contributed by atoms with van der Waals surface area (Å²) >= 11 is 0. The summed E-state index contributed by atoms with van der Waals surface area (Å²) in [6.45, 7) is 6.41. The summed E-state index contributed by atoms with van der Waals surface area (Å²) in [6.07, 6.45) is -0.491. The molecule has 3 nitrogen and oxygen atoms in total. The van der Waals surface area contributed by atoms with Gasteiger partial charge in [0.15, 0.2) is 0 Å². The number of rotatable bonds is 1. The van der Waals surface area contributed by atoms with Gasteiger partial charge in [-0.3, -0.25) is 0 Å². The van der Waals surface area contributed by atoms with Gasteiger partial charge in [0.05, 0.1) is 6.61 Å². The van der Waals surface area contributed by atoms with Gasteiger partial charge in [-0.25, -0.2) is 10.1 Å². The van der Waals surface area contributed by atoms with E-state index in [0.717, 1.165) is 0 Å². The second-order valence-electron chi connectivity index (χ2n) is 3.34. The number of carbonyl (C=O) groups is 1. The SMILES string of the molecule is C[N]C(=O)OCC(C)(C)C. The van der Waals surface area contributed by atoms with Crippen molar-refractivity contribution in [3.63, 3.8) is 0 Å². The summed E-state index contributed by atoms with van der Waals surface area (Å²) in [6, 6.07) is 0. The average Bonchev–Trinajstić information content (AvgIpc) is 1.81. The molecular weight excluding hydrogens is 130 g/mol. The Bertz CT molecular complexity index is 115. The van der Waals surface area contributed by atoms with Crippen LogP contribution in [0.15, 0.2) is 0 Å². The van der Waals surface area contributed by atoms with Crippen molar-refractivity contribution in [2.24, 2.45) is 5.41 Å². The van der Waals surface area contributed by atoms with Crippen LogP contribution in [0.2, 0.25) is 0 Å². The number of amides is 1. The van der Waals surface area contributed by atoms with Crippen LogP contribution in [-0.2, 0) is 4.74 Å². The molecule has 0 aromatic rings. The smallest absolute Gasteiger partial charge is 0.428 e. The van der Waals surface area contributed by atoms with Gasteiger partial charge in [0.25, 0.3) is 0 Å². The number of nitrogens with zero attached hydrogens (tertiary/aromatic N) is 1. The van der Waals surface area contributed by atoms with Gasteiger partial charge in [-0.15, -0.1) is 0 Å². The van der Waals surface area contributed by atoms with Gasteiger partial charge in [0.2, 0.25) is 0 Å². The van der Waals surface area contributed by atoms with E-state index >= 15 is 0 Å². The van der Waals surface area contributed by atoms with Crippen molar-refractivity contribution in [2.45, 2.75) is 20.8 Å². The summed E-state index contributed by atoms with van der Waals surface area (Å²) < 4.78 is 4.75. The first-order valence-corrected chi connectivity index (χ1v) is 3.22. The molecule has 0 aliphatic carbocycles. The van der Waals surface area contributed by atoms with Crippen LogP contribution >= 0.6 is 0 Å². The van der Waals surface area contributed by atoms with Crippen molar-refractivity contribution in [1.82, 2.24) is 5.32 Å². The molecule has 0 bridgehead atoms. The van der Waals surface area contributed by atoms with Crippen molar-refractivity contribution < 1.29 is 9.53 Å². The van der Waals surface area contributed by atoms with Gasteiger partial charge >= 0.3 is 6.09 Å². The van der Waals surface area contributed by atoms with Crippen LogP contribution in [0.25, 0.3) is 0 Å². The second-order valence-corrected chi connectivity index (χ2v) is 3.34. The molecule has 0 spiro atoms. The average molecular weight is 144 g/mol. The Balaban J connectivity index is 3.46. The topological polar surface area (TPSA) is 40.4 Å². The predicted octanol–water partition coefficient (Wildman–Crippen LogP) is 1.40. The van der Waals surface area contributed by atoms with Crippen molar-refractivity contribution in [1.29, 1.82) is 0 Å². The zero-order valence-electron chi connectivity index (χ0n) is 6.97. The molecule has 1 radical (unpaired) electrons. The van der Waals surface area contributed by atoms with Gasteiger partial charge in [-0.1, -0.05) is 20.8 Å². The summed E-state index contributed by atoms with van der Waals surface area (Å²) in [4.78, 5) is 10.5. The molecule has 59 valence electrons. The van der Waals surface area contributed by atoms with Gasteiger partial charge in [0, 0.05) is 7.05 Å². The summed E-state index contributed by atoms with van der Waals surface area (Å²) in [5.74, 6) is 0. The largest absolute Gasteiger partial charge is 0.448 e. The van der Waals surface area contributed by atoms with E-state index in [2.05, 4.69) is 5.32 Å². The van der Waals surface area contributed by atoms with E-state index in [9.17, 15) is 4.79 Å². The highest BCUT2D eigenvalue weighted by Crippen LogP contribution is 2.12. The number of hydrogen-bond acceptors (Lipinski definition) is 2. The minimum absolute atomic E-state index is 0.0281. The molecule has 0 rings (SSSR count). The molecule has 0 atom stereocenters. The zero-order chi connectivity index (χ0) is 8.20. The summed E-state index contributed by atoms with van der Waals surface area (Å²) in [5.41, 5.74) is 0.0281. The lowest BCUT2D eigenvalue weighted by atomic mass is 9.99. The van der Waals surface area contributed by atoms with Crippen LogP contribution in [0, 0.1) is 5.41 Å². The van der Waals surface area contributed by atoms with E-state index < -0.39 is 6.09 Å². The molecule has 0 heterocycles. The van der Waals surface area contributed by atoms with E-state index in [4.69, 9.17) is 4.74 Å². The van der Waals surface area contributed by atoms with Crippen LogP contribution in [0.3, 0.4) is 0 Å². The third-order valence-corrected chi connectivity index (χ3v) is 0.811. The lowest BCUT2D eigenvalue weighted by Crippen LogP contribution is -2.21. The van der Waals surface area contributed by atoms with Crippen LogP contribution in [0.5, 0.6) is 0 Å². The maximum absolute atomic E-state index is 10.5. The monoisotopic (exact) mass is 144 g/mol. The van der Waals surface area contributed by atoms with Crippen molar-refractivity contribution in [3.8, 4) is 0 Å². The van der Waals surface area contributed by atoms with Crippen molar-refractivity contribution in [2.75, 3.05) is 13.7 Å². The third kappa shape index (κ3) is 5.41. The molecule has 0 unspecified atom stereocenters. The Hall–Kier alpha value is -0.730. The molecule has 1 amide bonds. The van der Waals surface area contributed by atoms with E-state index in [1.54, 1.807) is 0 Å². The predicted molar refractivity (Wildman–Crippen MR) is 38.9 cm³/mol. The fourth-order valence-electron chi connectivity index (χ4n) is 0.343. The fourth-order valence-corrected chi connectivity index (χ4v) is 0.343. The Kier molecular flexibility index (Phi) is 3.19. The lowest BCUT2D eigenvalue weighted by molar-refractivity contribution is 0.107. The highest BCUT2D eigenvalue weighted by molar-refractivity contribution is 5.66. The minimum atomic E-state index is -0.491. The Morgan fingerprint density at radius 1 is 1.50 bits per heavy atom. The standard InChI is InChI=1S/C7H14NO2/c1-7(2,3)5-10-6(9)8-4/h5H2,1-4H3. The number of hydrogen-bond donors (Lipinski definition) is 0. The van der Waals surface area contributed by atoms with Gasteiger partial charge in [0.1, 0.15) is 0 Å². The molecule has 0 N–H and O–H groups in total. The van der Waals surface area contributed by atoms with Gasteiger partial charge in [-0.05, 0) is 5.41 Å². The van der Waals surface area contributed by atoms with Crippen LogP contribution in [0.4, 0.5) is 4.79 Å². The molecule has 0 fully saturated rings. The molecule has 10 heavy (non-hydrogen) atoms. The normalized spacial score (nSPS) is 10.8. The van der Waals surface area contributed by atoms with E-state index in [-0.39, 0.29) is 5.41 Å². The molecule has 0 aromatic heterocycles. The van der Waals surface area contributed by atoms with Crippen molar-refractivity contribution in [3.05, 3.63) is 0 Å². The van der Waals surface area contributed by atoms with E-state index in [1.807, 2.05) is 20.8 Å². The number of carbonyl (C=O) groups excluding carboxylic acids is 1. The quantitative estimate of drug-likeness (QED) is 0.558. The third-order valence-electron chi connectivity index (χ3n) is 0.811. The molecule has 0 aliphatic rings. The van der Waals surface area contributed by atoms with Crippen LogP contribution in [-0.4, -0.2) is 19.7 Å². The first-order valence-electron chi connectivity index (χ1n) is 3.22. The number of ether oxygens (including phenoxy) is 1. The van der Waals surface area contributed by atoms with E-state index in [0.29, 0.717) is 6.61 Å². The maximum atomic E-state index is 10.5. The summed E-state index contributed by atoms with van der Waals surface area (Å²) in [5, 5.41) is 3.33. The molecule has 0 saturated carbocycles. The van der Waals surface area contributed by atoms with Crippen molar-refractivity contribution >= 4 is 6.09 Å². The molecule has 0 saturated heterocycles. The summed E-state index contributed by atoms with van der Waals surface area (Å²) in [7, 11) is 1.42. The molecular formula is C7H14NO2. The van der Waals surface area contributed by atoms with Crippen LogP contribution in [0.1, 0.15) is 20.8 Å². The highest BCUT2D eigenvalue weighted by atomic mass is 16.5. The van der Waals surface area contributed by atoms with Gasteiger partial charge < -0.3 is 4.74 Å². The van der Waals surface area contributed by atoms with E-state index in [1.165, 1.54) is 7.05 Å². The van der Waals surface area contributed by atoms with Gasteiger partial charge in [-0.2, -0.15) is 0 Å². The fraction of sp³-hybridized carbons (Fsp3) is 0.857. The highest BCUT2D eigenvalue weighted by Gasteiger charge is 2.12.